The standard InChI is InChI=1S/C74H71N5O12/c1-41(80)85-59-18-12-45-32-55-53-40-65-63(88-70-66(83-5)37-48-20-25-77(3)56(68(48)72(70)90-65)29-42-7-13-51(14-8-42)87-61(59)34-45)36-47(53)21-26-78(55)28-23-75-74(81)79-27-22-49-38-67(84-6)71-73-69(49)57(79)30-43-9-15-50(16-10-43)86-60-33-44(11-17-58(60)82-4)31-54-52-39-64(91-73)62(89-71)35-46(52)19-24-76(54)2/h7-18,33-40,54-57H,19-32H2,1-6H3,(H,75,81). The van der Waals surface area contributed by atoms with Crippen LogP contribution in [0.25, 0.3) is 0 Å². The number of nitrogens with zero attached hydrogens (tertiary/aromatic N) is 4. The van der Waals surface area contributed by atoms with Crippen molar-refractivity contribution in [3.8, 4) is 92.0 Å². The molecule has 8 aromatic rings. The van der Waals surface area contributed by atoms with Gasteiger partial charge in [-0.2, -0.15) is 0 Å². The van der Waals surface area contributed by atoms with Gasteiger partial charge < -0.3 is 57.6 Å². The van der Waals surface area contributed by atoms with E-state index in [1.54, 1.807) is 21.3 Å². The average Bonchev–Trinajstić information content (AvgIpc) is 0.770. The maximum Gasteiger partial charge on any atom is 0.317 e. The Morgan fingerprint density at radius 2 is 0.912 bits per heavy atom. The molecule has 2 amide bonds. The molecule has 10 aliphatic heterocycles. The first-order valence-electron chi connectivity index (χ1n) is 31.6. The highest BCUT2D eigenvalue weighted by molar-refractivity contribution is 5.77. The van der Waals surface area contributed by atoms with Crippen LogP contribution in [0.15, 0.2) is 121 Å². The number of carbonyl (C=O) groups excluding carboxylic acids is 2. The monoisotopic (exact) mass is 1220 g/mol. The second-order valence-corrected chi connectivity index (χ2v) is 25.2. The average molecular weight is 1220 g/mol. The van der Waals surface area contributed by atoms with Crippen LogP contribution in [0.4, 0.5) is 4.79 Å². The number of carbonyl (C=O) groups is 2. The van der Waals surface area contributed by atoms with Crippen LogP contribution >= 0.6 is 0 Å². The first-order valence-corrected chi connectivity index (χ1v) is 31.6. The molecule has 91 heavy (non-hydrogen) atoms. The number of esters is 1. The zero-order chi connectivity index (χ0) is 61.8. The van der Waals surface area contributed by atoms with Crippen molar-refractivity contribution in [1.29, 1.82) is 0 Å². The molecule has 0 aromatic heterocycles. The maximum absolute atomic E-state index is 15.4. The number of rotatable bonds is 7. The van der Waals surface area contributed by atoms with Crippen molar-refractivity contribution >= 4 is 12.0 Å². The predicted octanol–water partition coefficient (Wildman–Crippen LogP) is 13.9. The third-order valence-electron chi connectivity index (χ3n) is 19.8. The maximum atomic E-state index is 15.4. The molecule has 8 aromatic carbocycles. The van der Waals surface area contributed by atoms with Crippen LogP contribution in [0.2, 0.25) is 0 Å². The quantitative estimate of drug-likeness (QED) is 0.119. The van der Waals surface area contributed by atoms with Crippen LogP contribution in [0, 0.1) is 0 Å². The summed E-state index contributed by atoms with van der Waals surface area (Å²) in [7, 11) is 9.35. The van der Waals surface area contributed by atoms with Crippen LogP contribution in [0.3, 0.4) is 0 Å². The van der Waals surface area contributed by atoms with Gasteiger partial charge in [-0.1, -0.05) is 36.4 Å². The number of fused-ring (bicyclic) bond motifs is 4. The highest BCUT2D eigenvalue weighted by Gasteiger charge is 2.42. The fourth-order valence-electron chi connectivity index (χ4n) is 15.1. The van der Waals surface area contributed by atoms with E-state index in [4.69, 9.17) is 47.4 Å². The van der Waals surface area contributed by atoms with Gasteiger partial charge in [-0.3, -0.25) is 19.5 Å². The summed E-state index contributed by atoms with van der Waals surface area (Å²) < 4.78 is 65.3. The second-order valence-electron chi connectivity index (χ2n) is 25.2. The highest BCUT2D eigenvalue weighted by Crippen LogP contribution is 2.59. The summed E-state index contributed by atoms with van der Waals surface area (Å²) in [4.78, 5) is 37.1. The van der Waals surface area contributed by atoms with Crippen LogP contribution in [-0.4, -0.2) is 106 Å². The first-order chi connectivity index (χ1) is 44.4. The van der Waals surface area contributed by atoms with Crippen LogP contribution in [-0.2, 0) is 56.2 Å². The molecule has 0 radical (unpaired) electrons. The highest BCUT2D eigenvalue weighted by atomic mass is 16.6. The molecule has 0 spiro atoms. The Morgan fingerprint density at radius 3 is 1.51 bits per heavy atom. The Bertz CT molecular complexity index is 4270. The molecule has 1 N–H and O–H groups in total. The van der Waals surface area contributed by atoms with Gasteiger partial charge in [0.25, 0.3) is 0 Å². The molecule has 0 aliphatic carbocycles. The smallest absolute Gasteiger partial charge is 0.317 e. The van der Waals surface area contributed by atoms with E-state index in [1.807, 2.05) is 53.4 Å². The summed E-state index contributed by atoms with van der Waals surface area (Å²) in [6, 6.07) is 40.1. The number of hydrogen-bond acceptors (Lipinski definition) is 15. The molecule has 4 atom stereocenters. The van der Waals surface area contributed by atoms with E-state index in [0.717, 1.165) is 88.8 Å². The van der Waals surface area contributed by atoms with E-state index in [1.165, 1.54) is 23.6 Å². The molecule has 17 heteroatoms. The lowest BCUT2D eigenvalue weighted by atomic mass is 9.86. The zero-order valence-electron chi connectivity index (χ0n) is 51.9. The number of likely N-dealkylation sites (N-methyl/N-ethyl adjacent to an activating group) is 2. The molecule has 10 heterocycles. The summed E-state index contributed by atoms with van der Waals surface area (Å²) in [5.41, 5.74) is 13.0. The normalized spacial score (nSPS) is 19.8. The van der Waals surface area contributed by atoms with Gasteiger partial charge in [0, 0.05) is 75.4 Å². The summed E-state index contributed by atoms with van der Waals surface area (Å²) in [6.45, 7) is 5.15. The lowest BCUT2D eigenvalue weighted by Gasteiger charge is -2.41. The molecule has 4 unspecified atom stereocenters. The first kappa shape index (κ1) is 56.8. The lowest BCUT2D eigenvalue weighted by Crippen LogP contribution is -2.49. The molecule has 14 bridgehead atoms. The number of hydrogen-bond donors (Lipinski definition) is 1. The molecular formula is C74H71N5O12. The van der Waals surface area contributed by atoms with E-state index >= 15 is 4.79 Å². The summed E-state index contributed by atoms with van der Waals surface area (Å²) in [6.07, 6.45) is 5.44. The van der Waals surface area contributed by atoms with E-state index in [2.05, 4.69) is 107 Å². The summed E-state index contributed by atoms with van der Waals surface area (Å²) >= 11 is 0. The van der Waals surface area contributed by atoms with Crippen molar-refractivity contribution in [2.75, 3.05) is 74.7 Å². The Morgan fingerprint density at radius 1 is 0.451 bits per heavy atom. The fraction of sp³-hybridized carbons (Fsp3) is 0.324. The topological polar surface area (TPSA) is 151 Å². The van der Waals surface area contributed by atoms with Gasteiger partial charge in [-0.25, -0.2) is 4.79 Å². The van der Waals surface area contributed by atoms with Gasteiger partial charge >= 0.3 is 12.0 Å². The number of benzene rings is 8. The van der Waals surface area contributed by atoms with E-state index in [-0.39, 0.29) is 24.2 Å². The number of nitrogens with one attached hydrogen (secondary N) is 1. The second kappa shape index (κ2) is 22.8. The summed E-state index contributed by atoms with van der Waals surface area (Å²) in [5.74, 6) is 8.95. The van der Waals surface area contributed by atoms with Gasteiger partial charge in [0.15, 0.2) is 69.0 Å². The molecular weight excluding hydrogens is 1150 g/mol. The van der Waals surface area contributed by atoms with Crippen molar-refractivity contribution in [3.63, 3.8) is 0 Å². The Labute approximate surface area is 528 Å². The van der Waals surface area contributed by atoms with Crippen LogP contribution in [0.1, 0.15) is 97.9 Å². The minimum Gasteiger partial charge on any atom is -0.493 e. The van der Waals surface area contributed by atoms with Crippen molar-refractivity contribution in [2.24, 2.45) is 0 Å². The van der Waals surface area contributed by atoms with Crippen LogP contribution in [0.5, 0.6) is 92.0 Å². The lowest BCUT2D eigenvalue weighted by molar-refractivity contribution is -0.132. The van der Waals surface area contributed by atoms with Gasteiger partial charge in [-0.15, -0.1) is 0 Å². The number of urea groups is 1. The van der Waals surface area contributed by atoms with Gasteiger partial charge in [0.1, 0.15) is 11.5 Å². The van der Waals surface area contributed by atoms with E-state index < -0.39 is 12.0 Å². The molecule has 0 saturated heterocycles. The predicted molar refractivity (Wildman–Crippen MR) is 340 cm³/mol. The fourth-order valence-corrected chi connectivity index (χ4v) is 15.1. The van der Waals surface area contributed by atoms with Gasteiger partial charge in [0.05, 0.1) is 27.4 Å². The zero-order valence-corrected chi connectivity index (χ0v) is 51.9. The largest absolute Gasteiger partial charge is 0.493 e. The molecule has 464 valence electrons. The number of amides is 2. The SMILES string of the molecule is COc1ccc2cc1Oc1ccc(cc1)CC1c3c(cc(OC)c4c3Oc3cc5c(cc3O4)CCN(C)C5C2)CCN1C(=O)NCCN1CCc2cc3c4cc2C1Cc1ccc(OC(C)=O)c(c1)Oc1ccc(cc1)CC1c2c(cc(OC)c(c2O4)O3)CCN1C. The third-order valence-corrected chi connectivity index (χ3v) is 19.8. The molecule has 0 saturated carbocycles. The molecule has 0 fully saturated rings. The van der Waals surface area contributed by atoms with Gasteiger partial charge in [-0.05, 0) is 206 Å². The Kier molecular flexibility index (Phi) is 14.2. The molecule has 17 nitrogen and oxygen atoms in total. The van der Waals surface area contributed by atoms with Crippen molar-refractivity contribution in [2.45, 2.75) is 82.5 Å². The molecule has 10 aliphatic rings. The molecule has 18 rings (SSSR count). The number of methoxy groups -OCH3 is 3. The van der Waals surface area contributed by atoms with Crippen molar-refractivity contribution in [3.05, 3.63) is 188 Å². The summed E-state index contributed by atoms with van der Waals surface area (Å²) in [5, 5.41) is 3.43. The van der Waals surface area contributed by atoms with Crippen LogP contribution < -0.4 is 52.7 Å². The Balaban J connectivity index is 0.744. The Hall–Kier alpha value is -9.42. The minimum atomic E-state index is -0.472. The van der Waals surface area contributed by atoms with Crippen molar-refractivity contribution in [1.82, 2.24) is 24.9 Å². The number of ether oxygens (including phenoxy) is 10. The van der Waals surface area contributed by atoms with Gasteiger partial charge in [0.2, 0.25) is 11.5 Å². The van der Waals surface area contributed by atoms with Crippen molar-refractivity contribution < 1.29 is 57.0 Å². The minimum absolute atomic E-state index is 0.0259. The van der Waals surface area contributed by atoms with E-state index in [9.17, 15) is 4.79 Å². The van der Waals surface area contributed by atoms with E-state index in [0.29, 0.717) is 144 Å². The third kappa shape index (κ3) is 10.2.